The molecule has 0 bridgehead atoms. The molecule has 2 rings (SSSR count). The number of hydrogen-bond donors (Lipinski definition) is 0. The van der Waals surface area contributed by atoms with Crippen molar-refractivity contribution in [2.45, 2.75) is 39.5 Å². The topological polar surface area (TPSA) is 43.1 Å². The van der Waals surface area contributed by atoms with Gasteiger partial charge < -0.3 is 0 Å². The SMILES string of the molecule is CCC1=C[C@@H]2[C@H](C1)C[C@@]2(CC)C[N+](=O)[O-]. The first-order chi connectivity index (χ1) is 7.11. The molecule has 0 aromatic heterocycles. The van der Waals surface area contributed by atoms with E-state index in [9.17, 15) is 10.1 Å². The van der Waals surface area contributed by atoms with E-state index >= 15 is 0 Å². The molecule has 0 N–H and O–H groups in total. The van der Waals surface area contributed by atoms with E-state index in [2.05, 4.69) is 19.9 Å². The van der Waals surface area contributed by atoms with E-state index < -0.39 is 0 Å². The third-order valence-corrected chi connectivity index (χ3v) is 4.43. The molecule has 0 unspecified atom stereocenters. The summed E-state index contributed by atoms with van der Waals surface area (Å²) in [6.45, 7) is 4.44. The summed E-state index contributed by atoms with van der Waals surface area (Å²) >= 11 is 0. The molecular formula is C12H19NO2. The lowest BCUT2D eigenvalue weighted by Crippen LogP contribution is -2.49. The van der Waals surface area contributed by atoms with Crippen LogP contribution in [0.2, 0.25) is 0 Å². The van der Waals surface area contributed by atoms with Crippen molar-refractivity contribution in [1.82, 2.24) is 0 Å². The number of fused-ring (bicyclic) bond motifs is 1. The normalized spacial score (nSPS) is 38.1. The predicted octanol–water partition coefficient (Wildman–Crippen LogP) is 3.04. The molecule has 3 atom stereocenters. The van der Waals surface area contributed by atoms with E-state index in [0.29, 0.717) is 5.92 Å². The minimum absolute atomic E-state index is 0.00884. The Morgan fingerprint density at radius 2 is 2.33 bits per heavy atom. The Hall–Kier alpha value is -0.860. The average Bonchev–Trinajstić information content (AvgIpc) is 2.53. The summed E-state index contributed by atoms with van der Waals surface area (Å²) < 4.78 is 0. The molecule has 0 amide bonds. The van der Waals surface area contributed by atoms with Gasteiger partial charge in [-0.1, -0.05) is 25.5 Å². The molecule has 0 aromatic rings. The van der Waals surface area contributed by atoms with Gasteiger partial charge in [0.1, 0.15) is 0 Å². The van der Waals surface area contributed by atoms with Crippen LogP contribution in [0.5, 0.6) is 0 Å². The molecule has 0 radical (unpaired) electrons. The van der Waals surface area contributed by atoms with E-state index in [1.165, 1.54) is 12.0 Å². The highest BCUT2D eigenvalue weighted by Crippen LogP contribution is 2.59. The van der Waals surface area contributed by atoms with Crippen molar-refractivity contribution < 1.29 is 4.92 Å². The number of allylic oxidation sites excluding steroid dienone is 2. The van der Waals surface area contributed by atoms with Crippen molar-refractivity contribution >= 4 is 0 Å². The standard InChI is InChI=1S/C12H19NO2/c1-3-9-5-10-7-12(4-2,8-13(14)15)11(10)6-9/h6,10-11H,3-5,7-8H2,1-2H3/t10-,11-,12+/m1/s1. The van der Waals surface area contributed by atoms with Gasteiger partial charge in [0.25, 0.3) is 0 Å². The Labute approximate surface area is 90.7 Å². The second kappa shape index (κ2) is 3.62. The number of nitro groups is 1. The second-order valence-electron chi connectivity index (χ2n) is 5.08. The predicted molar refractivity (Wildman–Crippen MR) is 59.2 cm³/mol. The van der Waals surface area contributed by atoms with Gasteiger partial charge in [-0.05, 0) is 37.5 Å². The summed E-state index contributed by atoms with van der Waals surface area (Å²) in [5, 5.41) is 10.7. The first-order valence-corrected chi connectivity index (χ1v) is 5.92. The Balaban J connectivity index is 2.11. The second-order valence-corrected chi connectivity index (χ2v) is 5.08. The molecule has 15 heavy (non-hydrogen) atoms. The first-order valence-electron chi connectivity index (χ1n) is 5.92. The highest BCUT2D eigenvalue weighted by Gasteiger charge is 2.56. The zero-order chi connectivity index (χ0) is 11.1. The number of rotatable bonds is 4. The molecule has 0 spiro atoms. The number of hydrogen-bond acceptors (Lipinski definition) is 2. The van der Waals surface area contributed by atoms with Gasteiger partial charge in [0.05, 0.1) is 0 Å². The van der Waals surface area contributed by atoms with Crippen LogP contribution in [0.25, 0.3) is 0 Å². The zero-order valence-corrected chi connectivity index (χ0v) is 9.53. The maximum Gasteiger partial charge on any atom is 0.210 e. The summed E-state index contributed by atoms with van der Waals surface area (Å²) in [5.74, 6) is 1.22. The summed E-state index contributed by atoms with van der Waals surface area (Å²) in [7, 11) is 0. The van der Waals surface area contributed by atoms with Gasteiger partial charge in [-0.25, -0.2) is 0 Å². The molecule has 1 saturated carbocycles. The van der Waals surface area contributed by atoms with E-state index in [1.54, 1.807) is 0 Å². The summed E-state index contributed by atoms with van der Waals surface area (Å²) in [5.41, 5.74) is 1.51. The van der Waals surface area contributed by atoms with Crippen molar-refractivity contribution in [3.8, 4) is 0 Å². The van der Waals surface area contributed by atoms with Crippen molar-refractivity contribution in [3.63, 3.8) is 0 Å². The first kappa shape index (κ1) is 10.7. The van der Waals surface area contributed by atoms with E-state index in [1.807, 2.05) is 0 Å². The van der Waals surface area contributed by atoms with E-state index in [-0.39, 0.29) is 16.9 Å². The fourth-order valence-corrected chi connectivity index (χ4v) is 3.48. The molecule has 2 aliphatic carbocycles. The molecule has 3 nitrogen and oxygen atoms in total. The van der Waals surface area contributed by atoms with Gasteiger partial charge in [0.2, 0.25) is 6.54 Å². The third-order valence-electron chi connectivity index (χ3n) is 4.43. The van der Waals surface area contributed by atoms with Gasteiger partial charge in [0.15, 0.2) is 0 Å². The van der Waals surface area contributed by atoms with Crippen LogP contribution in [-0.2, 0) is 0 Å². The van der Waals surface area contributed by atoms with Crippen LogP contribution in [0.15, 0.2) is 11.6 Å². The Morgan fingerprint density at radius 3 is 2.87 bits per heavy atom. The average molecular weight is 209 g/mol. The molecule has 0 aliphatic heterocycles. The lowest BCUT2D eigenvalue weighted by molar-refractivity contribution is -0.506. The van der Waals surface area contributed by atoms with Crippen molar-refractivity contribution in [3.05, 3.63) is 21.8 Å². The van der Waals surface area contributed by atoms with Crippen LogP contribution >= 0.6 is 0 Å². The van der Waals surface area contributed by atoms with Gasteiger partial charge in [0, 0.05) is 10.3 Å². The molecular weight excluding hydrogens is 190 g/mol. The van der Waals surface area contributed by atoms with Crippen molar-refractivity contribution in [2.24, 2.45) is 17.3 Å². The molecule has 0 heterocycles. The molecule has 0 aromatic carbocycles. The van der Waals surface area contributed by atoms with Crippen LogP contribution in [0.4, 0.5) is 0 Å². The fourth-order valence-electron chi connectivity index (χ4n) is 3.48. The summed E-state index contributed by atoms with van der Waals surface area (Å²) in [6, 6.07) is 0. The minimum Gasteiger partial charge on any atom is -0.265 e. The third kappa shape index (κ3) is 1.58. The highest BCUT2D eigenvalue weighted by atomic mass is 16.6. The zero-order valence-electron chi connectivity index (χ0n) is 9.53. The van der Waals surface area contributed by atoms with Gasteiger partial charge >= 0.3 is 0 Å². The van der Waals surface area contributed by atoms with E-state index in [4.69, 9.17) is 0 Å². The van der Waals surface area contributed by atoms with Gasteiger partial charge in [-0.15, -0.1) is 0 Å². The minimum atomic E-state index is -0.127. The fraction of sp³-hybridized carbons (Fsp3) is 0.833. The Kier molecular flexibility index (Phi) is 2.57. The maximum absolute atomic E-state index is 10.7. The van der Waals surface area contributed by atoms with Crippen LogP contribution in [0.1, 0.15) is 39.5 Å². The molecule has 3 heteroatoms. The van der Waals surface area contributed by atoms with E-state index in [0.717, 1.165) is 25.2 Å². The van der Waals surface area contributed by atoms with Crippen LogP contribution < -0.4 is 0 Å². The molecule has 84 valence electrons. The largest absolute Gasteiger partial charge is 0.265 e. The smallest absolute Gasteiger partial charge is 0.210 e. The van der Waals surface area contributed by atoms with Crippen LogP contribution in [0.3, 0.4) is 0 Å². The van der Waals surface area contributed by atoms with Crippen LogP contribution in [0, 0.1) is 27.4 Å². The summed E-state index contributed by atoms with van der Waals surface area (Å²) in [6.07, 6.45) is 6.66. The monoisotopic (exact) mass is 209 g/mol. The van der Waals surface area contributed by atoms with Crippen molar-refractivity contribution in [1.29, 1.82) is 0 Å². The van der Waals surface area contributed by atoms with Crippen molar-refractivity contribution in [2.75, 3.05) is 6.54 Å². The molecule has 2 aliphatic rings. The van der Waals surface area contributed by atoms with Gasteiger partial charge in [-0.2, -0.15) is 0 Å². The van der Waals surface area contributed by atoms with Crippen LogP contribution in [-0.4, -0.2) is 11.5 Å². The summed E-state index contributed by atoms with van der Waals surface area (Å²) in [4.78, 5) is 10.6. The highest BCUT2D eigenvalue weighted by molar-refractivity contribution is 5.22. The molecule has 1 fully saturated rings. The lowest BCUT2D eigenvalue weighted by atomic mass is 9.54. The lowest BCUT2D eigenvalue weighted by Gasteiger charge is -2.49. The molecule has 0 saturated heterocycles. The Morgan fingerprint density at radius 1 is 1.60 bits per heavy atom. The Bertz CT molecular complexity index is 311. The maximum atomic E-state index is 10.7. The van der Waals surface area contributed by atoms with Gasteiger partial charge in [-0.3, -0.25) is 10.1 Å². The number of nitrogens with zero attached hydrogens (tertiary/aromatic N) is 1. The quantitative estimate of drug-likeness (QED) is 0.406.